The van der Waals surface area contributed by atoms with Gasteiger partial charge in [0.15, 0.2) is 0 Å². The van der Waals surface area contributed by atoms with Crippen molar-refractivity contribution in [2.45, 2.75) is 12.5 Å². The van der Waals surface area contributed by atoms with Gasteiger partial charge in [0, 0.05) is 18.7 Å². The molecule has 5 heteroatoms. The van der Waals surface area contributed by atoms with E-state index in [0.717, 1.165) is 11.3 Å². The van der Waals surface area contributed by atoms with Crippen LogP contribution in [0.25, 0.3) is 5.69 Å². The highest BCUT2D eigenvalue weighted by molar-refractivity contribution is 5.93. The number of aromatic nitrogens is 2. The summed E-state index contributed by atoms with van der Waals surface area (Å²) in [6.45, 7) is 0.188. The molecule has 0 aliphatic heterocycles. The molecule has 0 radical (unpaired) electrons. The maximum Gasteiger partial charge on any atom is 0.270 e. The molecule has 24 heavy (non-hydrogen) atoms. The van der Waals surface area contributed by atoms with Gasteiger partial charge in [0.1, 0.15) is 5.69 Å². The van der Waals surface area contributed by atoms with Crippen LogP contribution in [0.15, 0.2) is 73.2 Å². The van der Waals surface area contributed by atoms with E-state index in [9.17, 15) is 9.90 Å². The first kappa shape index (κ1) is 16.0. The van der Waals surface area contributed by atoms with Crippen molar-refractivity contribution in [3.05, 3.63) is 84.4 Å². The van der Waals surface area contributed by atoms with E-state index >= 15 is 0 Å². The quantitative estimate of drug-likeness (QED) is 0.731. The summed E-state index contributed by atoms with van der Waals surface area (Å²) in [5.41, 5.74) is 2.34. The number of amides is 1. The molecule has 0 aliphatic carbocycles. The Morgan fingerprint density at radius 1 is 1.08 bits per heavy atom. The zero-order chi connectivity index (χ0) is 16.8. The molecular weight excluding hydrogens is 302 g/mol. The number of carbonyl (C=O) groups is 1. The van der Waals surface area contributed by atoms with E-state index in [1.54, 1.807) is 10.9 Å². The van der Waals surface area contributed by atoms with Gasteiger partial charge in [-0.1, -0.05) is 48.5 Å². The second kappa shape index (κ2) is 7.57. The molecule has 122 valence electrons. The largest absolute Gasteiger partial charge is 0.391 e. The molecule has 1 unspecified atom stereocenters. The first-order chi connectivity index (χ1) is 11.7. The molecule has 0 spiro atoms. The van der Waals surface area contributed by atoms with Crippen LogP contribution in [-0.2, 0) is 6.42 Å². The number of nitrogens with one attached hydrogen (secondary N) is 1. The summed E-state index contributed by atoms with van der Waals surface area (Å²) < 4.78 is 1.72. The third-order valence-corrected chi connectivity index (χ3v) is 3.72. The number of aliphatic hydroxyl groups excluding tert-OH is 1. The summed E-state index contributed by atoms with van der Waals surface area (Å²) in [5.74, 6) is -0.261. The second-order valence-corrected chi connectivity index (χ2v) is 5.54. The van der Waals surface area contributed by atoms with E-state index in [1.165, 1.54) is 6.20 Å². The van der Waals surface area contributed by atoms with Crippen LogP contribution in [0, 0.1) is 0 Å². The molecule has 1 atom stereocenters. The Morgan fingerprint density at radius 2 is 1.75 bits per heavy atom. The lowest BCUT2D eigenvalue weighted by atomic mass is 10.1. The molecular formula is C19H19N3O2. The minimum atomic E-state index is -0.635. The topological polar surface area (TPSA) is 67.2 Å². The van der Waals surface area contributed by atoms with Crippen molar-refractivity contribution in [2.75, 3.05) is 6.54 Å². The van der Waals surface area contributed by atoms with E-state index in [0.29, 0.717) is 12.1 Å². The smallest absolute Gasteiger partial charge is 0.270 e. The van der Waals surface area contributed by atoms with Crippen LogP contribution in [0.5, 0.6) is 0 Å². The molecule has 0 fully saturated rings. The van der Waals surface area contributed by atoms with E-state index in [-0.39, 0.29) is 12.5 Å². The molecule has 0 bridgehead atoms. The monoisotopic (exact) mass is 321 g/mol. The Bertz CT molecular complexity index is 785. The summed E-state index contributed by atoms with van der Waals surface area (Å²) >= 11 is 0. The average Bonchev–Trinajstić information content (AvgIpc) is 3.11. The minimum Gasteiger partial charge on any atom is -0.391 e. The molecule has 5 nitrogen and oxygen atoms in total. The highest BCUT2D eigenvalue weighted by atomic mass is 16.3. The van der Waals surface area contributed by atoms with Crippen molar-refractivity contribution in [3.8, 4) is 5.69 Å². The van der Waals surface area contributed by atoms with Crippen LogP contribution in [-0.4, -0.2) is 33.2 Å². The van der Waals surface area contributed by atoms with Crippen LogP contribution >= 0.6 is 0 Å². The number of carbonyl (C=O) groups excluding carboxylic acids is 1. The van der Waals surface area contributed by atoms with Gasteiger partial charge in [-0.25, -0.2) is 4.98 Å². The van der Waals surface area contributed by atoms with Crippen molar-refractivity contribution < 1.29 is 9.90 Å². The van der Waals surface area contributed by atoms with Gasteiger partial charge in [0.2, 0.25) is 0 Å². The van der Waals surface area contributed by atoms with Crippen LogP contribution in [0.4, 0.5) is 0 Å². The summed E-state index contributed by atoms with van der Waals surface area (Å²) in [6.07, 6.45) is 2.99. The predicted octanol–water partition coefficient (Wildman–Crippen LogP) is 2.21. The molecule has 0 saturated carbocycles. The van der Waals surface area contributed by atoms with Crippen molar-refractivity contribution in [1.29, 1.82) is 0 Å². The van der Waals surface area contributed by atoms with Crippen LogP contribution in [0.1, 0.15) is 16.1 Å². The van der Waals surface area contributed by atoms with Crippen LogP contribution in [0.3, 0.4) is 0 Å². The summed E-state index contributed by atoms with van der Waals surface area (Å²) in [6, 6.07) is 19.2. The number of para-hydroxylation sites is 1. The first-order valence-electron chi connectivity index (χ1n) is 7.82. The molecule has 1 aromatic heterocycles. The maximum absolute atomic E-state index is 12.4. The number of benzene rings is 2. The number of nitrogens with zero attached hydrogens (tertiary/aromatic N) is 2. The van der Waals surface area contributed by atoms with E-state index < -0.39 is 6.10 Å². The Kier molecular flexibility index (Phi) is 5.03. The lowest BCUT2D eigenvalue weighted by Gasteiger charge is -2.13. The summed E-state index contributed by atoms with van der Waals surface area (Å²) in [5, 5.41) is 12.9. The van der Waals surface area contributed by atoms with E-state index in [1.807, 2.05) is 60.7 Å². The Labute approximate surface area is 140 Å². The summed E-state index contributed by atoms with van der Waals surface area (Å²) in [7, 11) is 0. The Hall–Kier alpha value is -2.92. The molecule has 2 N–H and O–H groups in total. The molecule has 1 heterocycles. The minimum absolute atomic E-state index is 0.188. The number of aliphatic hydroxyl groups is 1. The normalized spacial score (nSPS) is 11.9. The lowest BCUT2D eigenvalue weighted by Crippen LogP contribution is -2.34. The van der Waals surface area contributed by atoms with Gasteiger partial charge in [-0.15, -0.1) is 0 Å². The number of hydrogen-bond donors (Lipinski definition) is 2. The van der Waals surface area contributed by atoms with Crippen LogP contribution < -0.4 is 5.32 Å². The highest BCUT2D eigenvalue weighted by Crippen LogP contribution is 2.10. The fourth-order valence-corrected chi connectivity index (χ4v) is 2.52. The molecule has 0 saturated heterocycles. The fraction of sp³-hybridized carbons (Fsp3) is 0.158. The zero-order valence-electron chi connectivity index (χ0n) is 13.2. The SMILES string of the molecule is O=C(NCC(O)Cc1ccccc1)c1cncn1-c1ccccc1. The van der Waals surface area contributed by atoms with Gasteiger partial charge < -0.3 is 10.4 Å². The maximum atomic E-state index is 12.4. The van der Waals surface area contributed by atoms with Crippen molar-refractivity contribution in [1.82, 2.24) is 14.9 Å². The third kappa shape index (κ3) is 3.88. The molecule has 0 aliphatic rings. The molecule has 3 rings (SSSR count). The summed E-state index contributed by atoms with van der Waals surface area (Å²) in [4.78, 5) is 16.4. The lowest BCUT2D eigenvalue weighted by molar-refractivity contribution is 0.0909. The van der Waals surface area contributed by atoms with Gasteiger partial charge >= 0.3 is 0 Å². The fourth-order valence-electron chi connectivity index (χ4n) is 2.52. The van der Waals surface area contributed by atoms with Gasteiger partial charge in [0.05, 0.1) is 18.6 Å². The number of imidazole rings is 1. The standard InChI is InChI=1S/C19H19N3O2/c23-17(11-15-7-3-1-4-8-15)12-21-19(24)18-13-20-14-22(18)16-9-5-2-6-10-16/h1-10,13-14,17,23H,11-12H2,(H,21,24). The number of hydrogen-bond acceptors (Lipinski definition) is 3. The predicted molar refractivity (Wildman–Crippen MR) is 92.1 cm³/mol. The van der Waals surface area contributed by atoms with Gasteiger partial charge in [-0.2, -0.15) is 0 Å². The van der Waals surface area contributed by atoms with Crippen molar-refractivity contribution >= 4 is 5.91 Å². The van der Waals surface area contributed by atoms with Crippen LogP contribution in [0.2, 0.25) is 0 Å². The molecule has 2 aromatic carbocycles. The Morgan fingerprint density at radius 3 is 2.46 bits per heavy atom. The van der Waals surface area contributed by atoms with Gasteiger partial charge in [-0.3, -0.25) is 9.36 Å². The van der Waals surface area contributed by atoms with E-state index in [2.05, 4.69) is 10.3 Å². The van der Waals surface area contributed by atoms with Gasteiger partial charge in [0.25, 0.3) is 5.91 Å². The van der Waals surface area contributed by atoms with Crippen molar-refractivity contribution in [3.63, 3.8) is 0 Å². The highest BCUT2D eigenvalue weighted by Gasteiger charge is 2.14. The van der Waals surface area contributed by atoms with Gasteiger partial charge in [-0.05, 0) is 17.7 Å². The van der Waals surface area contributed by atoms with E-state index in [4.69, 9.17) is 0 Å². The number of rotatable bonds is 6. The second-order valence-electron chi connectivity index (χ2n) is 5.54. The third-order valence-electron chi connectivity index (χ3n) is 3.72. The Balaban J connectivity index is 1.61. The molecule has 3 aromatic rings. The first-order valence-corrected chi connectivity index (χ1v) is 7.82. The van der Waals surface area contributed by atoms with Crippen molar-refractivity contribution in [2.24, 2.45) is 0 Å². The average molecular weight is 321 g/mol. The zero-order valence-corrected chi connectivity index (χ0v) is 13.2. The molecule has 1 amide bonds.